The molecule has 2 aliphatic heterocycles. The van der Waals surface area contributed by atoms with Crippen molar-refractivity contribution in [2.75, 3.05) is 13.1 Å². The van der Waals surface area contributed by atoms with Crippen molar-refractivity contribution in [3.63, 3.8) is 0 Å². The molecule has 2 N–H and O–H groups in total. The van der Waals surface area contributed by atoms with Gasteiger partial charge in [0.15, 0.2) is 5.03 Å². The van der Waals surface area contributed by atoms with E-state index in [1.54, 1.807) is 23.7 Å². The second kappa shape index (κ2) is 7.03. The number of benzene rings is 1. The zero-order chi connectivity index (χ0) is 21.8. The van der Waals surface area contributed by atoms with Crippen LogP contribution in [0.4, 0.5) is 0 Å². The third kappa shape index (κ3) is 3.17. The Morgan fingerprint density at radius 2 is 1.74 bits per heavy atom. The summed E-state index contributed by atoms with van der Waals surface area (Å²) in [6.07, 6.45) is 7.32. The quantitative estimate of drug-likeness (QED) is 0.660. The summed E-state index contributed by atoms with van der Waals surface area (Å²) in [6, 6.07) is 7.22. The van der Waals surface area contributed by atoms with Gasteiger partial charge in [-0.05, 0) is 37.0 Å². The molecule has 0 atom stereocenters. The average Bonchev–Trinajstić information content (AvgIpc) is 3.46. The number of nitrogens with two attached hydrogens (primary N) is 1. The van der Waals surface area contributed by atoms with Crippen molar-refractivity contribution >= 4 is 15.9 Å². The molecule has 1 aromatic carbocycles. The van der Waals surface area contributed by atoms with Crippen LogP contribution in [0, 0.1) is 0 Å². The van der Waals surface area contributed by atoms with Gasteiger partial charge >= 0.3 is 0 Å². The number of aromatic nitrogens is 4. The topological polar surface area (TPSA) is 116 Å². The number of amides is 1. The van der Waals surface area contributed by atoms with Gasteiger partial charge in [0.05, 0.1) is 18.2 Å². The Kier molecular flexibility index (Phi) is 4.52. The Morgan fingerprint density at radius 3 is 2.35 bits per heavy atom. The number of primary amides is 1. The highest BCUT2D eigenvalue weighted by atomic mass is 32.2. The fourth-order valence-electron chi connectivity index (χ4n) is 4.78. The van der Waals surface area contributed by atoms with Crippen molar-refractivity contribution in [2.45, 2.75) is 36.2 Å². The van der Waals surface area contributed by atoms with E-state index in [-0.39, 0.29) is 10.4 Å². The maximum Gasteiger partial charge on any atom is 0.262 e. The number of imidazole rings is 2. The summed E-state index contributed by atoms with van der Waals surface area (Å²) >= 11 is 0. The maximum absolute atomic E-state index is 12.9. The minimum Gasteiger partial charge on any atom is -0.366 e. The second-order valence-corrected chi connectivity index (χ2v) is 10.3. The van der Waals surface area contributed by atoms with Gasteiger partial charge in [-0.15, -0.1) is 0 Å². The lowest BCUT2D eigenvalue weighted by atomic mass is 9.77. The molecule has 162 valence electrons. The van der Waals surface area contributed by atoms with Crippen molar-refractivity contribution < 1.29 is 13.2 Å². The van der Waals surface area contributed by atoms with E-state index in [1.807, 2.05) is 18.3 Å². The molecule has 1 fully saturated rings. The van der Waals surface area contributed by atoms with Gasteiger partial charge < -0.3 is 14.9 Å². The van der Waals surface area contributed by atoms with Gasteiger partial charge in [0.25, 0.3) is 10.0 Å². The van der Waals surface area contributed by atoms with Crippen LogP contribution in [0.15, 0.2) is 48.0 Å². The average molecular weight is 441 g/mol. The number of hydrogen-bond donors (Lipinski definition) is 1. The van der Waals surface area contributed by atoms with Gasteiger partial charge in [0.1, 0.15) is 5.82 Å². The van der Waals surface area contributed by atoms with Crippen LogP contribution in [0.2, 0.25) is 0 Å². The highest BCUT2D eigenvalue weighted by Gasteiger charge is 2.46. The van der Waals surface area contributed by atoms with Gasteiger partial charge in [0.2, 0.25) is 5.91 Å². The summed E-state index contributed by atoms with van der Waals surface area (Å²) < 4.78 is 31.2. The highest BCUT2D eigenvalue weighted by Crippen LogP contribution is 2.45. The van der Waals surface area contributed by atoms with E-state index in [1.165, 1.54) is 16.8 Å². The number of aryl methyl sites for hydroxylation is 1. The van der Waals surface area contributed by atoms with Gasteiger partial charge in [-0.3, -0.25) is 4.79 Å². The minimum atomic E-state index is -3.58. The molecular formula is C21H24N6O3S. The standard InChI is InChI=1S/C21H24N6O3S/c1-25-13-18(24-14-25)31(29,30)26-9-6-21(7-10-26)8-11-27-17(12-23-20(21)27)15-2-4-16(5-3-15)19(22)28/h2-5,12-14H,6-11H2,1H3,(H2,22,28). The fraction of sp³-hybridized carbons (Fsp3) is 0.381. The van der Waals surface area contributed by atoms with Crippen molar-refractivity contribution in [3.05, 3.63) is 54.4 Å². The molecule has 0 radical (unpaired) electrons. The Hall–Kier alpha value is -2.98. The number of nitrogens with zero attached hydrogens (tertiary/aromatic N) is 5. The zero-order valence-corrected chi connectivity index (χ0v) is 18.0. The van der Waals surface area contributed by atoms with E-state index in [0.717, 1.165) is 42.9 Å². The summed E-state index contributed by atoms with van der Waals surface area (Å²) in [5.41, 5.74) is 7.69. The molecule has 1 saturated heterocycles. The van der Waals surface area contributed by atoms with Crippen molar-refractivity contribution in [3.8, 4) is 11.3 Å². The third-order valence-electron chi connectivity index (χ3n) is 6.57. The molecule has 4 heterocycles. The predicted molar refractivity (Wildman–Crippen MR) is 114 cm³/mol. The van der Waals surface area contributed by atoms with Crippen molar-refractivity contribution in [1.29, 1.82) is 0 Å². The lowest BCUT2D eigenvalue weighted by Crippen LogP contribution is -2.44. The first kappa shape index (κ1) is 20.0. The van der Waals surface area contributed by atoms with Crippen LogP contribution in [0.5, 0.6) is 0 Å². The first-order valence-corrected chi connectivity index (χ1v) is 11.7. The van der Waals surface area contributed by atoms with E-state index in [2.05, 4.69) is 9.55 Å². The fourth-order valence-corrected chi connectivity index (χ4v) is 6.19. The summed E-state index contributed by atoms with van der Waals surface area (Å²) in [5, 5.41) is 0.0977. The molecule has 2 aromatic heterocycles. The van der Waals surface area contributed by atoms with Crippen LogP contribution in [-0.4, -0.2) is 50.8 Å². The molecular weight excluding hydrogens is 416 g/mol. The number of carbonyl (C=O) groups excluding carboxylic acids is 1. The molecule has 2 aliphatic rings. The van der Waals surface area contributed by atoms with E-state index < -0.39 is 15.9 Å². The van der Waals surface area contributed by atoms with Crippen LogP contribution in [0.1, 0.15) is 35.4 Å². The molecule has 0 saturated carbocycles. The Morgan fingerprint density at radius 1 is 1.06 bits per heavy atom. The third-order valence-corrected chi connectivity index (χ3v) is 8.36. The summed E-state index contributed by atoms with van der Waals surface area (Å²) in [4.78, 5) is 20.1. The molecule has 0 bridgehead atoms. The SMILES string of the molecule is Cn1cnc(S(=O)(=O)N2CCC3(CC2)CCn2c(-c4ccc(C(N)=O)cc4)cnc23)c1. The van der Waals surface area contributed by atoms with Crippen LogP contribution < -0.4 is 5.73 Å². The van der Waals surface area contributed by atoms with Crippen LogP contribution in [0.25, 0.3) is 11.3 Å². The molecule has 1 amide bonds. The lowest BCUT2D eigenvalue weighted by molar-refractivity contribution is 0.100. The van der Waals surface area contributed by atoms with E-state index in [0.29, 0.717) is 18.7 Å². The number of sulfonamides is 1. The Labute approximate surface area is 180 Å². The number of rotatable bonds is 4. The van der Waals surface area contributed by atoms with Crippen LogP contribution in [0.3, 0.4) is 0 Å². The van der Waals surface area contributed by atoms with Crippen molar-refractivity contribution in [2.24, 2.45) is 12.8 Å². The number of carbonyl (C=O) groups is 1. The monoisotopic (exact) mass is 440 g/mol. The van der Waals surface area contributed by atoms with Crippen LogP contribution >= 0.6 is 0 Å². The lowest BCUT2D eigenvalue weighted by Gasteiger charge is -2.37. The number of hydrogen-bond acceptors (Lipinski definition) is 5. The summed E-state index contributed by atoms with van der Waals surface area (Å²) in [7, 11) is -1.82. The van der Waals surface area contributed by atoms with E-state index in [4.69, 9.17) is 10.7 Å². The molecule has 0 unspecified atom stereocenters. The number of fused-ring (bicyclic) bond motifs is 2. The maximum atomic E-state index is 12.9. The minimum absolute atomic E-state index is 0.0977. The Balaban J connectivity index is 1.37. The summed E-state index contributed by atoms with van der Waals surface area (Å²) in [6.45, 7) is 1.75. The largest absolute Gasteiger partial charge is 0.366 e. The van der Waals surface area contributed by atoms with E-state index >= 15 is 0 Å². The zero-order valence-electron chi connectivity index (χ0n) is 17.2. The van der Waals surface area contributed by atoms with Crippen LogP contribution in [-0.2, 0) is 29.0 Å². The highest BCUT2D eigenvalue weighted by molar-refractivity contribution is 7.89. The molecule has 0 aliphatic carbocycles. The van der Waals surface area contributed by atoms with Gasteiger partial charge in [-0.2, -0.15) is 4.31 Å². The predicted octanol–water partition coefficient (Wildman–Crippen LogP) is 1.51. The molecule has 3 aromatic rings. The normalized spacial score (nSPS) is 18.4. The molecule has 9 nitrogen and oxygen atoms in total. The first-order valence-electron chi connectivity index (χ1n) is 10.2. The van der Waals surface area contributed by atoms with E-state index in [9.17, 15) is 13.2 Å². The molecule has 31 heavy (non-hydrogen) atoms. The van der Waals surface area contributed by atoms with Crippen molar-refractivity contribution in [1.82, 2.24) is 23.4 Å². The second-order valence-electron chi connectivity index (χ2n) is 8.37. The van der Waals surface area contributed by atoms with Gasteiger partial charge in [-0.1, -0.05) is 12.1 Å². The first-order chi connectivity index (χ1) is 14.8. The Bertz CT molecular complexity index is 1250. The number of piperidine rings is 1. The smallest absolute Gasteiger partial charge is 0.262 e. The van der Waals surface area contributed by atoms with Gasteiger partial charge in [0, 0.05) is 43.9 Å². The summed E-state index contributed by atoms with van der Waals surface area (Å²) in [5.74, 6) is 0.577. The molecule has 1 spiro atoms. The van der Waals surface area contributed by atoms with Gasteiger partial charge in [-0.25, -0.2) is 18.4 Å². The molecule has 10 heteroatoms. The molecule has 5 rings (SSSR count).